The first-order valence-electron chi connectivity index (χ1n) is 9.04. The average Bonchev–Trinajstić information content (AvgIpc) is 2.73. The Labute approximate surface area is 168 Å². The van der Waals surface area contributed by atoms with Crippen molar-refractivity contribution in [1.82, 2.24) is 0 Å². The van der Waals surface area contributed by atoms with E-state index in [0.29, 0.717) is 22.5 Å². The Balaban J connectivity index is 1.84. The van der Waals surface area contributed by atoms with Crippen molar-refractivity contribution in [1.29, 1.82) is 0 Å². The Morgan fingerprint density at radius 1 is 0.862 bits per heavy atom. The molecule has 7 heteroatoms. The van der Waals surface area contributed by atoms with Crippen LogP contribution in [0.5, 0.6) is 0 Å². The predicted molar refractivity (Wildman–Crippen MR) is 112 cm³/mol. The van der Waals surface area contributed by atoms with Gasteiger partial charge in [0.2, 0.25) is 0 Å². The summed E-state index contributed by atoms with van der Waals surface area (Å²) in [6.07, 6.45) is 0. The molecular formula is C22H18N2O4S. The van der Waals surface area contributed by atoms with Crippen molar-refractivity contribution in [2.24, 2.45) is 0 Å². The largest absolute Gasteiger partial charge is 0.398 e. The van der Waals surface area contributed by atoms with Crippen molar-refractivity contribution in [3.8, 4) is 0 Å². The quantitative estimate of drug-likeness (QED) is 0.502. The molecule has 0 bridgehead atoms. The second-order valence-electron chi connectivity index (χ2n) is 6.71. The van der Waals surface area contributed by atoms with Crippen LogP contribution in [0.3, 0.4) is 0 Å². The number of nitrogens with two attached hydrogens (primary N) is 1. The van der Waals surface area contributed by atoms with Gasteiger partial charge in [-0.25, -0.2) is 8.42 Å². The zero-order chi connectivity index (χ0) is 20.8. The van der Waals surface area contributed by atoms with E-state index >= 15 is 0 Å². The molecular weight excluding hydrogens is 388 g/mol. The van der Waals surface area contributed by atoms with Crippen LogP contribution >= 0.6 is 0 Å². The first kappa shape index (κ1) is 18.9. The molecule has 3 N–H and O–H groups in total. The van der Waals surface area contributed by atoms with Gasteiger partial charge in [0.15, 0.2) is 21.4 Å². The smallest absolute Gasteiger partial charge is 0.196 e. The highest BCUT2D eigenvalue weighted by Crippen LogP contribution is 2.36. The number of benzene rings is 3. The van der Waals surface area contributed by atoms with Crippen molar-refractivity contribution in [3.05, 3.63) is 82.9 Å². The van der Waals surface area contributed by atoms with Gasteiger partial charge in [0.1, 0.15) is 0 Å². The Morgan fingerprint density at radius 2 is 1.52 bits per heavy atom. The van der Waals surface area contributed by atoms with Gasteiger partial charge in [-0.1, -0.05) is 37.3 Å². The third-order valence-electron chi connectivity index (χ3n) is 4.96. The molecule has 3 aromatic rings. The van der Waals surface area contributed by atoms with E-state index in [-0.39, 0.29) is 39.0 Å². The minimum absolute atomic E-state index is 0.0164. The minimum Gasteiger partial charge on any atom is -0.398 e. The number of ketones is 2. The molecule has 1 aliphatic carbocycles. The summed E-state index contributed by atoms with van der Waals surface area (Å²) in [4.78, 5) is 26.3. The van der Waals surface area contributed by atoms with Gasteiger partial charge >= 0.3 is 0 Å². The van der Waals surface area contributed by atoms with Crippen LogP contribution in [0.1, 0.15) is 38.8 Å². The maximum atomic E-state index is 13.1. The van der Waals surface area contributed by atoms with Crippen molar-refractivity contribution < 1.29 is 18.0 Å². The number of sulfone groups is 1. The molecule has 0 atom stereocenters. The number of rotatable bonds is 4. The van der Waals surface area contributed by atoms with E-state index in [0.717, 1.165) is 0 Å². The number of hydrogen-bond donors (Lipinski definition) is 2. The summed E-state index contributed by atoms with van der Waals surface area (Å²) < 4.78 is 24.3. The van der Waals surface area contributed by atoms with Crippen LogP contribution in [0, 0.1) is 0 Å². The molecule has 4 rings (SSSR count). The molecule has 0 fully saturated rings. The monoisotopic (exact) mass is 406 g/mol. The molecule has 6 nitrogen and oxygen atoms in total. The van der Waals surface area contributed by atoms with Crippen LogP contribution < -0.4 is 11.1 Å². The number of nitrogens with one attached hydrogen (secondary N) is 1. The minimum atomic E-state index is -3.38. The van der Waals surface area contributed by atoms with Gasteiger partial charge in [0.05, 0.1) is 27.5 Å². The second kappa shape index (κ2) is 6.86. The maximum Gasteiger partial charge on any atom is 0.196 e. The lowest BCUT2D eigenvalue weighted by atomic mass is 9.82. The predicted octanol–water partition coefficient (Wildman–Crippen LogP) is 3.58. The highest BCUT2D eigenvalue weighted by atomic mass is 32.2. The highest BCUT2D eigenvalue weighted by molar-refractivity contribution is 7.91. The van der Waals surface area contributed by atoms with Crippen LogP contribution in [-0.4, -0.2) is 25.7 Å². The first-order chi connectivity index (χ1) is 13.8. The lowest BCUT2D eigenvalue weighted by Crippen LogP contribution is -2.23. The molecule has 0 saturated carbocycles. The van der Waals surface area contributed by atoms with E-state index < -0.39 is 9.84 Å². The molecule has 0 heterocycles. The fourth-order valence-electron chi connectivity index (χ4n) is 3.44. The zero-order valence-corrected chi connectivity index (χ0v) is 16.4. The summed E-state index contributed by atoms with van der Waals surface area (Å²) in [5.41, 5.74) is 8.14. The molecule has 0 aliphatic heterocycles. The number of carbonyl (C=O) groups excluding carboxylic acids is 2. The Hall–Kier alpha value is -3.45. The average molecular weight is 406 g/mol. The zero-order valence-electron chi connectivity index (χ0n) is 15.6. The van der Waals surface area contributed by atoms with E-state index in [1.165, 1.54) is 12.1 Å². The Kier molecular flexibility index (Phi) is 4.47. The second-order valence-corrected chi connectivity index (χ2v) is 8.99. The lowest BCUT2D eigenvalue weighted by Gasteiger charge is -2.22. The molecule has 0 radical (unpaired) electrons. The molecule has 3 aromatic carbocycles. The van der Waals surface area contributed by atoms with Crippen LogP contribution in [0.4, 0.5) is 17.1 Å². The van der Waals surface area contributed by atoms with E-state index in [2.05, 4.69) is 5.32 Å². The van der Waals surface area contributed by atoms with Crippen molar-refractivity contribution in [3.63, 3.8) is 0 Å². The SMILES string of the molecule is CCS(=O)(=O)c1cccc(Nc2ccc(N)c3c2C(=O)c2ccccc2C3=O)c1. The lowest BCUT2D eigenvalue weighted by molar-refractivity contribution is 0.0980. The summed E-state index contributed by atoms with van der Waals surface area (Å²) in [6.45, 7) is 1.58. The summed E-state index contributed by atoms with van der Waals surface area (Å²) in [7, 11) is -3.38. The van der Waals surface area contributed by atoms with E-state index in [1.807, 2.05) is 0 Å². The van der Waals surface area contributed by atoms with Crippen LogP contribution in [0.2, 0.25) is 0 Å². The topological polar surface area (TPSA) is 106 Å². The fourth-order valence-corrected chi connectivity index (χ4v) is 4.37. The highest BCUT2D eigenvalue weighted by Gasteiger charge is 2.33. The first-order valence-corrected chi connectivity index (χ1v) is 10.7. The molecule has 0 saturated heterocycles. The summed E-state index contributed by atoms with van der Waals surface area (Å²) in [6, 6.07) is 16.1. The molecule has 29 heavy (non-hydrogen) atoms. The van der Waals surface area contributed by atoms with Gasteiger partial charge < -0.3 is 11.1 Å². The van der Waals surface area contributed by atoms with E-state index in [1.54, 1.807) is 55.5 Å². The molecule has 0 unspecified atom stereocenters. The molecule has 0 amide bonds. The van der Waals surface area contributed by atoms with Gasteiger partial charge in [0, 0.05) is 22.5 Å². The Bertz CT molecular complexity index is 1280. The molecule has 0 spiro atoms. The third kappa shape index (κ3) is 3.09. The molecule has 0 aromatic heterocycles. The molecule has 1 aliphatic rings. The summed E-state index contributed by atoms with van der Waals surface area (Å²) >= 11 is 0. The summed E-state index contributed by atoms with van der Waals surface area (Å²) in [5.74, 6) is -0.627. The van der Waals surface area contributed by atoms with Gasteiger partial charge in [-0.3, -0.25) is 9.59 Å². The van der Waals surface area contributed by atoms with Crippen LogP contribution in [0.15, 0.2) is 65.6 Å². The van der Waals surface area contributed by atoms with Gasteiger partial charge in [-0.2, -0.15) is 0 Å². The van der Waals surface area contributed by atoms with Crippen LogP contribution in [-0.2, 0) is 9.84 Å². The van der Waals surface area contributed by atoms with E-state index in [9.17, 15) is 18.0 Å². The van der Waals surface area contributed by atoms with Gasteiger partial charge in [-0.15, -0.1) is 0 Å². The molecule has 146 valence electrons. The fraction of sp³-hybridized carbons (Fsp3) is 0.0909. The van der Waals surface area contributed by atoms with Gasteiger partial charge in [0.25, 0.3) is 0 Å². The Morgan fingerprint density at radius 3 is 2.17 bits per heavy atom. The number of fused-ring (bicyclic) bond motifs is 2. The standard InChI is InChI=1S/C22H18N2O4S/c1-2-29(27,28)14-7-5-6-13(12-14)24-18-11-10-17(23)19-20(18)22(26)16-9-4-3-8-15(16)21(19)25/h3-12,24H,2,23H2,1H3. The van der Waals surface area contributed by atoms with Gasteiger partial charge in [-0.05, 0) is 30.3 Å². The normalized spacial score (nSPS) is 13.0. The van der Waals surface area contributed by atoms with Crippen LogP contribution in [0.25, 0.3) is 0 Å². The van der Waals surface area contributed by atoms with Crippen molar-refractivity contribution in [2.45, 2.75) is 11.8 Å². The maximum absolute atomic E-state index is 13.1. The number of nitrogen functional groups attached to an aromatic ring is 1. The van der Waals surface area contributed by atoms with Crippen molar-refractivity contribution >= 4 is 38.5 Å². The summed E-state index contributed by atoms with van der Waals surface area (Å²) in [5, 5.41) is 3.08. The van der Waals surface area contributed by atoms with Crippen molar-refractivity contribution in [2.75, 3.05) is 16.8 Å². The number of hydrogen-bond acceptors (Lipinski definition) is 6. The third-order valence-corrected chi connectivity index (χ3v) is 6.69. The number of anilines is 3. The van der Waals surface area contributed by atoms with E-state index in [4.69, 9.17) is 5.73 Å². The number of carbonyl (C=O) groups is 2.